The first kappa shape index (κ1) is 13.2. The smallest absolute Gasteiger partial charge is 0.230 e. The molecule has 0 spiro atoms. The van der Waals surface area contributed by atoms with Crippen molar-refractivity contribution in [1.29, 1.82) is 0 Å². The highest BCUT2D eigenvalue weighted by atomic mass is 16.3. The molecule has 1 aromatic heterocycles. The lowest BCUT2D eigenvalue weighted by Gasteiger charge is -2.16. The van der Waals surface area contributed by atoms with Crippen molar-refractivity contribution < 1.29 is 14.7 Å². The number of nitrogens with zero attached hydrogens (tertiary/aromatic N) is 2. The third-order valence-electron chi connectivity index (χ3n) is 2.00. The van der Waals surface area contributed by atoms with Gasteiger partial charge in [-0.05, 0) is 0 Å². The highest BCUT2D eigenvalue weighted by Crippen LogP contribution is 2.15. The van der Waals surface area contributed by atoms with E-state index in [4.69, 9.17) is 5.11 Å². The maximum absolute atomic E-state index is 11.6. The van der Waals surface area contributed by atoms with E-state index in [1.54, 1.807) is 20.8 Å². The first-order valence-electron chi connectivity index (χ1n) is 5.12. The van der Waals surface area contributed by atoms with Crippen LogP contribution in [0.25, 0.3) is 0 Å². The van der Waals surface area contributed by atoms with Crippen LogP contribution in [-0.2, 0) is 4.79 Å². The molecule has 92 valence electrons. The topological polar surface area (TPSA) is 92.2 Å². The zero-order valence-corrected chi connectivity index (χ0v) is 10.0. The van der Waals surface area contributed by atoms with Crippen molar-refractivity contribution in [2.45, 2.75) is 20.8 Å². The van der Waals surface area contributed by atoms with E-state index in [0.717, 1.165) is 0 Å². The molecule has 1 aromatic rings. The molecule has 0 saturated heterocycles. The van der Waals surface area contributed by atoms with E-state index in [0.29, 0.717) is 0 Å². The van der Waals surface area contributed by atoms with Gasteiger partial charge in [0.2, 0.25) is 11.7 Å². The molecule has 0 fully saturated rings. The maximum Gasteiger partial charge on any atom is 0.230 e. The van der Waals surface area contributed by atoms with Crippen LogP contribution in [0.1, 0.15) is 31.3 Å². The standard InChI is InChI=1S/C11H15N3O3/c1-11(2,3)10(17)14-9-5-12-7(4-13-9)8(16)6-15/h4-5,15H,6H2,1-3H3,(H,13,14,17). The van der Waals surface area contributed by atoms with Gasteiger partial charge in [0.25, 0.3) is 0 Å². The second-order valence-corrected chi connectivity index (χ2v) is 4.57. The number of Topliss-reactive ketones (excluding diaryl/α,β-unsaturated/α-hetero) is 1. The fourth-order valence-corrected chi connectivity index (χ4v) is 0.921. The number of aliphatic hydroxyl groups excluding tert-OH is 1. The molecule has 0 aliphatic carbocycles. The van der Waals surface area contributed by atoms with Crippen molar-refractivity contribution in [3.8, 4) is 0 Å². The Morgan fingerprint density at radius 2 is 1.94 bits per heavy atom. The lowest BCUT2D eigenvalue weighted by molar-refractivity contribution is -0.123. The number of anilines is 1. The molecular formula is C11H15N3O3. The fourth-order valence-electron chi connectivity index (χ4n) is 0.921. The number of rotatable bonds is 3. The Hall–Kier alpha value is -1.82. The summed E-state index contributed by atoms with van der Waals surface area (Å²) in [6.07, 6.45) is 2.50. The minimum absolute atomic E-state index is 0.0706. The van der Waals surface area contributed by atoms with Gasteiger partial charge in [0.15, 0.2) is 5.82 Å². The van der Waals surface area contributed by atoms with Crippen molar-refractivity contribution >= 4 is 17.5 Å². The highest BCUT2D eigenvalue weighted by Gasteiger charge is 2.21. The highest BCUT2D eigenvalue weighted by molar-refractivity contribution is 5.96. The van der Waals surface area contributed by atoms with Gasteiger partial charge in [0.05, 0.1) is 12.4 Å². The van der Waals surface area contributed by atoms with Crippen LogP contribution in [0.15, 0.2) is 12.4 Å². The van der Waals surface area contributed by atoms with Crippen LogP contribution in [0.2, 0.25) is 0 Å². The molecule has 17 heavy (non-hydrogen) atoms. The summed E-state index contributed by atoms with van der Waals surface area (Å²) in [7, 11) is 0. The maximum atomic E-state index is 11.6. The predicted molar refractivity (Wildman–Crippen MR) is 61.5 cm³/mol. The normalized spacial score (nSPS) is 11.1. The Labute approximate surface area is 99.1 Å². The third-order valence-corrected chi connectivity index (χ3v) is 2.00. The molecule has 1 rings (SSSR count). The molecule has 0 aromatic carbocycles. The van der Waals surface area contributed by atoms with Crippen molar-refractivity contribution in [3.05, 3.63) is 18.1 Å². The molecule has 0 unspecified atom stereocenters. The number of carbonyl (C=O) groups excluding carboxylic acids is 2. The van der Waals surface area contributed by atoms with Crippen LogP contribution in [0.3, 0.4) is 0 Å². The van der Waals surface area contributed by atoms with Gasteiger partial charge in [-0.3, -0.25) is 9.59 Å². The monoisotopic (exact) mass is 237 g/mol. The van der Waals surface area contributed by atoms with E-state index in [9.17, 15) is 9.59 Å². The molecule has 0 aliphatic heterocycles. The number of hydrogen-bond acceptors (Lipinski definition) is 5. The summed E-state index contributed by atoms with van der Waals surface area (Å²) in [6.45, 7) is 4.72. The van der Waals surface area contributed by atoms with Crippen LogP contribution in [-0.4, -0.2) is 33.4 Å². The Balaban J connectivity index is 2.76. The SMILES string of the molecule is CC(C)(C)C(=O)Nc1cnc(C(=O)CO)cn1. The number of amides is 1. The molecule has 0 saturated carbocycles. The summed E-state index contributed by atoms with van der Waals surface area (Å²) >= 11 is 0. The van der Waals surface area contributed by atoms with E-state index in [2.05, 4.69) is 15.3 Å². The van der Waals surface area contributed by atoms with Gasteiger partial charge in [-0.2, -0.15) is 0 Å². The first-order chi connectivity index (χ1) is 7.84. The van der Waals surface area contributed by atoms with E-state index >= 15 is 0 Å². The van der Waals surface area contributed by atoms with Gasteiger partial charge in [0, 0.05) is 5.41 Å². The van der Waals surface area contributed by atoms with Crippen molar-refractivity contribution in [2.24, 2.45) is 5.41 Å². The number of aromatic nitrogens is 2. The molecule has 0 aliphatic rings. The lowest BCUT2D eigenvalue weighted by atomic mass is 9.96. The second kappa shape index (κ2) is 5.01. The third kappa shape index (κ3) is 3.60. The average Bonchev–Trinajstić information content (AvgIpc) is 2.27. The fraction of sp³-hybridized carbons (Fsp3) is 0.455. The van der Waals surface area contributed by atoms with E-state index in [-0.39, 0.29) is 17.4 Å². The lowest BCUT2D eigenvalue weighted by Crippen LogP contribution is -2.28. The summed E-state index contributed by atoms with van der Waals surface area (Å²) in [5, 5.41) is 11.2. The average molecular weight is 237 g/mol. The summed E-state index contributed by atoms with van der Waals surface area (Å²) in [4.78, 5) is 30.4. The number of nitrogens with one attached hydrogen (secondary N) is 1. The van der Waals surface area contributed by atoms with Crippen LogP contribution in [0, 0.1) is 5.41 Å². The van der Waals surface area contributed by atoms with Crippen LogP contribution in [0.5, 0.6) is 0 Å². The first-order valence-corrected chi connectivity index (χ1v) is 5.12. The van der Waals surface area contributed by atoms with E-state index in [1.165, 1.54) is 12.4 Å². The number of hydrogen-bond donors (Lipinski definition) is 2. The minimum atomic E-state index is -0.609. The van der Waals surface area contributed by atoms with Gasteiger partial charge >= 0.3 is 0 Å². The van der Waals surface area contributed by atoms with E-state index in [1.807, 2.05) is 0 Å². The van der Waals surface area contributed by atoms with Gasteiger partial charge in [-0.1, -0.05) is 20.8 Å². The molecular weight excluding hydrogens is 222 g/mol. The zero-order chi connectivity index (χ0) is 13.1. The predicted octanol–water partition coefficient (Wildman–Crippen LogP) is 0.636. The summed E-state index contributed by atoms with van der Waals surface area (Å²) < 4.78 is 0. The van der Waals surface area contributed by atoms with Crippen LogP contribution >= 0.6 is 0 Å². The zero-order valence-electron chi connectivity index (χ0n) is 10.0. The largest absolute Gasteiger partial charge is 0.388 e. The Morgan fingerprint density at radius 1 is 1.29 bits per heavy atom. The molecule has 0 radical (unpaired) electrons. The van der Waals surface area contributed by atoms with Crippen molar-refractivity contribution in [1.82, 2.24) is 9.97 Å². The molecule has 1 amide bonds. The number of ketones is 1. The van der Waals surface area contributed by atoms with E-state index < -0.39 is 17.8 Å². The molecule has 0 atom stereocenters. The molecule has 1 heterocycles. The summed E-state index contributed by atoms with van der Waals surface area (Å²) in [5.41, 5.74) is -0.456. The molecule has 6 nitrogen and oxygen atoms in total. The van der Waals surface area contributed by atoms with Crippen LogP contribution < -0.4 is 5.32 Å². The Morgan fingerprint density at radius 3 is 2.35 bits per heavy atom. The Bertz CT molecular complexity index is 421. The minimum Gasteiger partial charge on any atom is -0.388 e. The molecule has 2 N–H and O–H groups in total. The summed E-state index contributed by atoms with van der Waals surface area (Å²) in [6, 6.07) is 0. The molecule has 0 bridgehead atoms. The van der Waals surface area contributed by atoms with Gasteiger partial charge < -0.3 is 10.4 Å². The van der Waals surface area contributed by atoms with Crippen molar-refractivity contribution in [2.75, 3.05) is 11.9 Å². The Kier molecular flexibility index (Phi) is 3.90. The second-order valence-electron chi connectivity index (χ2n) is 4.57. The quantitative estimate of drug-likeness (QED) is 0.752. The summed E-state index contributed by atoms with van der Waals surface area (Å²) in [5.74, 6) is -0.418. The van der Waals surface area contributed by atoms with Crippen molar-refractivity contribution in [3.63, 3.8) is 0 Å². The van der Waals surface area contributed by atoms with Crippen LogP contribution in [0.4, 0.5) is 5.82 Å². The van der Waals surface area contributed by atoms with Gasteiger partial charge in [-0.15, -0.1) is 0 Å². The van der Waals surface area contributed by atoms with Gasteiger partial charge in [-0.25, -0.2) is 9.97 Å². The number of carbonyl (C=O) groups is 2. The van der Waals surface area contributed by atoms with Gasteiger partial charge in [0.1, 0.15) is 12.3 Å². The molecule has 6 heteroatoms. The number of aliphatic hydroxyl groups is 1.